The summed E-state index contributed by atoms with van der Waals surface area (Å²) < 4.78 is 6.41. The molecule has 220 valence electrons. The highest BCUT2D eigenvalue weighted by atomic mass is 16.3. The Bertz CT molecular complexity index is 2500. The van der Waals surface area contributed by atoms with E-state index in [0.717, 1.165) is 71.9 Å². The molecule has 3 aromatic heterocycles. The summed E-state index contributed by atoms with van der Waals surface area (Å²) in [5.74, 6) is 1.85. The minimum atomic E-state index is 0.599. The van der Waals surface area contributed by atoms with Crippen molar-refractivity contribution in [3.8, 4) is 56.5 Å². The molecule has 0 fully saturated rings. The monoisotopic (exact) mass is 602 g/mol. The van der Waals surface area contributed by atoms with E-state index in [1.807, 2.05) is 97.1 Å². The molecule has 0 bridgehead atoms. The zero-order chi connectivity index (χ0) is 31.2. The zero-order valence-corrected chi connectivity index (χ0v) is 25.2. The topological polar surface area (TPSA) is 64.7 Å². The fourth-order valence-corrected chi connectivity index (χ4v) is 6.29. The molecule has 9 aromatic rings. The summed E-state index contributed by atoms with van der Waals surface area (Å²) in [5, 5.41) is 3.10. The Morgan fingerprint density at radius 2 is 0.957 bits per heavy atom. The van der Waals surface area contributed by atoms with Crippen molar-refractivity contribution >= 4 is 32.8 Å². The number of rotatable bonds is 5. The second kappa shape index (κ2) is 11.2. The highest BCUT2D eigenvalue weighted by molar-refractivity contribution is 6.13. The third kappa shape index (κ3) is 4.82. The van der Waals surface area contributed by atoms with Gasteiger partial charge < -0.3 is 4.42 Å². The van der Waals surface area contributed by atoms with Gasteiger partial charge in [0.25, 0.3) is 0 Å². The lowest BCUT2D eigenvalue weighted by molar-refractivity contribution is 0.669. The van der Waals surface area contributed by atoms with Crippen LogP contribution in [0, 0.1) is 0 Å². The van der Waals surface area contributed by atoms with Crippen LogP contribution in [0.1, 0.15) is 0 Å². The average Bonchev–Trinajstić information content (AvgIpc) is 3.53. The molecule has 0 aliphatic heterocycles. The first-order valence-electron chi connectivity index (χ1n) is 15.6. The molecule has 0 spiro atoms. The van der Waals surface area contributed by atoms with Gasteiger partial charge in [0, 0.05) is 38.4 Å². The molecule has 0 unspecified atom stereocenters. The maximum Gasteiger partial charge on any atom is 0.164 e. The van der Waals surface area contributed by atoms with Crippen LogP contribution in [0.25, 0.3) is 89.4 Å². The van der Waals surface area contributed by atoms with Gasteiger partial charge in [0.1, 0.15) is 11.2 Å². The third-order valence-corrected chi connectivity index (χ3v) is 8.53. The summed E-state index contributed by atoms with van der Waals surface area (Å²) in [4.78, 5) is 20.0. The number of hydrogen-bond donors (Lipinski definition) is 0. The molecule has 0 N–H and O–H groups in total. The van der Waals surface area contributed by atoms with Crippen molar-refractivity contribution < 1.29 is 4.42 Å². The summed E-state index contributed by atoms with van der Waals surface area (Å²) in [6, 6.07) is 53.4. The van der Waals surface area contributed by atoms with Crippen LogP contribution < -0.4 is 0 Å². The van der Waals surface area contributed by atoms with Crippen LogP contribution in [-0.2, 0) is 0 Å². The van der Waals surface area contributed by atoms with Crippen molar-refractivity contribution in [3.63, 3.8) is 0 Å². The van der Waals surface area contributed by atoms with Crippen LogP contribution in [0.2, 0.25) is 0 Å². The average molecular weight is 603 g/mol. The maximum atomic E-state index is 6.41. The third-order valence-electron chi connectivity index (χ3n) is 8.53. The Kier molecular flexibility index (Phi) is 6.39. The molecule has 0 saturated heterocycles. The fraction of sp³-hybridized carbons (Fsp3) is 0. The van der Waals surface area contributed by atoms with Gasteiger partial charge in [-0.05, 0) is 47.5 Å². The van der Waals surface area contributed by atoms with Crippen LogP contribution in [0.4, 0.5) is 0 Å². The number of benzene rings is 6. The van der Waals surface area contributed by atoms with Crippen molar-refractivity contribution in [2.24, 2.45) is 0 Å². The second-order valence-electron chi connectivity index (χ2n) is 11.5. The van der Waals surface area contributed by atoms with Gasteiger partial charge in [0.15, 0.2) is 17.5 Å². The standard InChI is InChI=1S/C42H26N4O/c1-4-13-27(14-5-1)33-26-36(43-35-21-11-10-19-31(33)35)32-20-12-22-38-39(32)34-25-30(23-24-37(34)47-38)42-45-40(28-15-6-2-7-16-28)44-41(46-42)29-17-8-3-9-18-29/h1-26H. The number of fused-ring (bicyclic) bond motifs is 4. The first-order valence-corrected chi connectivity index (χ1v) is 15.6. The first kappa shape index (κ1) is 26.9. The van der Waals surface area contributed by atoms with Gasteiger partial charge in [0.05, 0.1) is 11.2 Å². The number of aromatic nitrogens is 4. The molecule has 0 atom stereocenters. The molecule has 5 nitrogen and oxygen atoms in total. The lowest BCUT2D eigenvalue weighted by Gasteiger charge is -2.11. The molecule has 5 heteroatoms. The summed E-state index contributed by atoms with van der Waals surface area (Å²) in [6.07, 6.45) is 0. The van der Waals surface area contributed by atoms with Crippen LogP contribution in [-0.4, -0.2) is 19.9 Å². The van der Waals surface area contributed by atoms with E-state index in [9.17, 15) is 0 Å². The van der Waals surface area contributed by atoms with Crippen LogP contribution >= 0.6 is 0 Å². The quantitative estimate of drug-likeness (QED) is 0.196. The fourth-order valence-electron chi connectivity index (χ4n) is 6.29. The Hall–Kier alpha value is -6.46. The molecule has 0 saturated carbocycles. The van der Waals surface area contributed by atoms with E-state index < -0.39 is 0 Å². The minimum Gasteiger partial charge on any atom is -0.456 e. The number of furan rings is 1. The minimum absolute atomic E-state index is 0.599. The van der Waals surface area contributed by atoms with Crippen molar-refractivity contribution in [2.75, 3.05) is 0 Å². The normalized spacial score (nSPS) is 11.4. The Labute approximate surface area is 270 Å². The Balaban J connectivity index is 1.26. The SMILES string of the molecule is c1ccc(-c2nc(-c3ccccc3)nc(-c3ccc4oc5cccc(-c6cc(-c7ccccc7)c7ccccc7n6)c5c4c3)n2)cc1. The van der Waals surface area contributed by atoms with Gasteiger partial charge in [0.2, 0.25) is 0 Å². The summed E-state index contributed by atoms with van der Waals surface area (Å²) in [5.41, 5.74) is 9.47. The molecular formula is C42H26N4O. The van der Waals surface area contributed by atoms with E-state index in [1.54, 1.807) is 0 Å². The highest BCUT2D eigenvalue weighted by Gasteiger charge is 2.18. The summed E-state index contributed by atoms with van der Waals surface area (Å²) >= 11 is 0. The van der Waals surface area contributed by atoms with Crippen LogP contribution in [0.3, 0.4) is 0 Å². The largest absolute Gasteiger partial charge is 0.456 e. The molecule has 0 radical (unpaired) electrons. The molecule has 3 heterocycles. The van der Waals surface area contributed by atoms with Gasteiger partial charge in [-0.15, -0.1) is 0 Å². The Morgan fingerprint density at radius 3 is 1.64 bits per heavy atom. The van der Waals surface area contributed by atoms with Crippen LogP contribution in [0.5, 0.6) is 0 Å². The van der Waals surface area contributed by atoms with E-state index in [2.05, 4.69) is 60.7 Å². The molecule has 0 aliphatic carbocycles. The number of pyridine rings is 1. The van der Waals surface area contributed by atoms with Crippen LogP contribution in [0.15, 0.2) is 162 Å². The van der Waals surface area contributed by atoms with E-state index >= 15 is 0 Å². The molecule has 0 aliphatic rings. The van der Waals surface area contributed by atoms with Gasteiger partial charge >= 0.3 is 0 Å². The summed E-state index contributed by atoms with van der Waals surface area (Å²) in [7, 11) is 0. The first-order chi connectivity index (χ1) is 23.3. The number of hydrogen-bond acceptors (Lipinski definition) is 5. The predicted molar refractivity (Wildman–Crippen MR) is 190 cm³/mol. The maximum absolute atomic E-state index is 6.41. The van der Waals surface area contributed by atoms with Gasteiger partial charge in [-0.1, -0.05) is 121 Å². The van der Waals surface area contributed by atoms with E-state index in [0.29, 0.717) is 17.5 Å². The lowest BCUT2D eigenvalue weighted by atomic mass is 9.96. The molecule has 47 heavy (non-hydrogen) atoms. The smallest absolute Gasteiger partial charge is 0.164 e. The molecular weight excluding hydrogens is 576 g/mol. The van der Waals surface area contributed by atoms with E-state index in [1.165, 1.54) is 0 Å². The number of nitrogens with zero attached hydrogens (tertiary/aromatic N) is 4. The van der Waals surface area contributed by atoms with Gasteiger partial charge in [-0.25, -0.2) is 19.9 Å². The van der Waals surface area contributed by atoms with Crippen molar-refractivity contribution in [1.82, 2.24) is 19.9 Å². The predicted octanol–water partition coefficient (Wildman–Crippen LogP) is 10.7. The lowest BCUT2D eigenvalue weighted by Crippen LogP contribution is -2.00. The Morgan fingerprint density at radius 1 is 0.362 bits per heavy atom. The van der Waals surface area contributed by atoms with E-state index in [-0.39, 0.29) is 0 Å². The highest BCUT2D eigenvalue weighted by Crippen LogP contribution is 2.40. The zero-order valence-electron chi connectivity index (χ0n) is 25.2. The molecule has 0 amide bonds. The molecule has 6 aromatic carbocycles. The van der Waals surface area contributed by atoms with Gasteiger partial charge in [-0.3, -0.25) is 0 Å². The van der Waals surface area contributed by atoms with Crippen molar-refractivity contribution in [2.45, 2.75) is 0 Å². The van der Waals surface area contributed by atoms with Gasteiger partial charge in [-0.2, -0.15) is 0 Å². The van der Waals surface area contributed by atoms with Crippen molar-refractivity contribution in [3.05, 3.63) is 158 Å². The number of para-hydroxylation sites is 1. The van der Waals surface area contributed by atoms with E-state index in [4.69, 9.17) is 24.4 Å². The summed E-state index contributed by atoms with van der Waals surface area (Å²) in [6.45, 7) is 0. The van der Waals surface area contributed by atoms with Crippen molar-refractivity contribution in [1.29, 1.82) is 0 Å². The second-order valence-corrected chi connectivity index (χ2v) is 11.5. The molecule has 9 rings (SSSR count).